The zero-order valence-electron chi connectivity index (χ0n) is 7.79. The van der Waals surface area contributed by atoms with Crippen LogP contribution in [0.1, 0.15) is 5.56 Å². The second-order valence-corrected chi connectivity index (χ2v) is 3.25. The molecule has 1 aromatic carbocycles. The topological polar surface area (TPSA) is 12.0 Å². The Morgan fingerprint density at radius 2 is 2.14 bits per heavy atom. The van der Waals surface area contributed by atoms with Crippen molar-refractivity contribution in [3.8, 4) is 11.8 Å². The van der Waals surface area contributed by atoms with E-state index in [0.29, 0.717) is 0 Å². The molecule has 0 atom stereocenters. The fourth-order valence-electron chi connectivity index (χ4n) is 0.859. The molecule has 0 saturated heterocycles. The van der Waals surface area contributed by atoms with E-state index in [1.807, 2.05) is 30.3 Å². The van der Waals surface area contributed by atoms with Gasteiger partial charge in [0.1, 0.15) is 0 Å². The van der Waals surface area contributed by atoms with Gasteiger partial charge < -0.3 is 0 Å². The van der Waals surface area contributed by atoms with Gasteiger partial charge in [0.25, 0.3) is 0 Å². The molecular weight excluding hydrogens is 210 g/mol. The summed E-state index contributed by atoms with van der Waals surface area (Å²) in [6.45, 7) is 4.34. The average Bonchev–Trinajstić information content (AvgIpc) is 2.25. The summed E-state index contributed by atoms with van der Waals surface area (Å²) < 4.78 is 0.841. The Labute approximate surface area is 92.8 Å². The predicted molar refractivity (Wildman–Crippen MR) is 56.5 cm³/mol. The fraction of sp³-hybridized carbons (Fsp3) is 0.0833. The van der Waals surface area contributed by atoms with E-state index >= 15 is 0 Å². The van der Waals surface area contributed by atoms with Crippen LogP contribution in [-0.2, 0) is 15.9 Å². The van der Waals surface area contributed by atoms with Crippen molar-refractivity contribution in [3.63, 3.8) is 0 Å². The Bertz CT molecular complexity index is 370. The second kappa shape index (κ2) is 6.35. The maximum atomic E-state index is 3.61. The summed E-state index contributed by atoms with van der Waals surface area (Å²) in [7, 11) is 0. The molecule has 1 rings (SSSR count). The molecule has 0 fully saturated rings. The molecule has 1 N–H and O–H groups in total. The van der Waals surface area contributed by atoms with E-state index < -0.39 is 0 Å². The Balaban J connectivity index is 2.55. The Morgan fingerprint density at radius 1 is 1.43 bits per heavy atom. The summed E-state index contributed by atoms with van der Waals surface area (Å²) in [5.74, 6) is 6.02. The van der Waals surface area contributed by atoms with Crippen LogP contribution in [0.3, 0.4) is 0 Å². The molecule has 0 aliphatic rings. The first-order valence-electron chi connectivity index (χ1n) is 4.28. The van der Waals surface area contributed by atoms with Crippen LogP contribution in [0.25, 0.3) is 0 Å². The zero-order valence-corrected chi connectivity index (χ0v) is 9.06. The number of nitrogens with one attached hydrogen (secondary N) is 1. The predicted octanol–water partition coefficient (Wildman–Crippen LogP) is 1.49. The van der Waals surface area contributed by atoms with Crippen LogP contribution in [-0.4, -0.2) is 11.0 Å². The van der Waals surface area contributed by atoms with Gasteiger partial charge in [-0.2, -0.15) is 0 Å². The number of hydrogen-bond donors (Lipinski definition) is 1. The molecule has 0 spiro atoms. The normalized spacial score (nSPS) is 8.57. The summed E-state index contributed by atoms with van der Waals surface area (Å²) in [6.07, 6.45) is 1.79. The van der Waals surface area contributed by atoms with E-state index in [9.17, 15) is 0 Å². The van der Waals surface area contributed by atoms with Crippen molar-refractivity contribution >= 4 is 4.50 Å². The van der Waals surface area contributed by atoms with Crippen molar-refractivity contribution in [1.29, 1.82) is 0 Å². The van der Waals surface area contributed by atoms with Crippen LogP contribution in [0.5, 0.6) is 0 Å². The Kier molecular flexibility index (Phi) is 4.97. The van der Waals surface area contributed by atoms with Gasteiger partial charge in [-0.05, 0) is 0 Å². The van der Waals surface area contributed by atoms with Gasteiger partial charge in [-0.25, -0.2) is 0 Å². The molecular formula is C12H11CrN. The first-order chi connectivity index (χ1) is 6.83. The molecule has 0 aromatic heterocycles. The average molecular weight is 221 g/mol. The van der Waals surface area contributed by atoms with Crippen LogP contribution in [0.2, 0.25) is 0 Å². The van der Waals surface area contributed by atoms with Gasteiger partial charge in [-0.3, -0.25) is 0 Å². The first kappa shape index (κ1) is 11.0. The maximum absolute atomic E-state index is 3.61. The molecule has 0 amide bonds. The molecule has 0 radical (unpaired) electrons. The number of rotatable bonds is 3. The van der Waals surface area contributed by atoms with Crippen LogP contribution in [0.4, 0.5) is 0 Å². The summed E-state index contributed by atoms with van der Waals surface area (Å²) in [5.41, 5.74) is 1.01. The van der Waals surface area contributed by atoms with Gasteiger partial charge in [0.05, 0.1) is 0 Å². The second-order valence-electron chi connectivity index (χ2n) is 2.61. The summed E-state index contributed by atoms with van der Waals surface area (Å²) in [6, 6.07) is 9.88. The van der Waals surface area contributed by atoms with Crippen LogP contribution >= 0.6 is 0 Å². The molecule has 2 heteroatoms. The molecule has 0 heterocycles. The minimum atomic E-state index is 0.728. The van der Waals surface area contributed by atoms with Gasteiger partial charge >= 0.3 is 92.6 Å². The zero-order chi connectivity index (χ0) is 10.2. The molecule has 0 aliphatic heterocycles. The van der Waals surface area contributed by atoms with E-state index in [1.165, 1.54) is 0 Å². The summed E-state index contributed by atoms with van der Waals surface area (Å²) >= 11 is 2.87. The third-order valence-electron chi connectivity index (χ3n) is 1.50. The van der Waals surface area contributed by atoms with E-state index in [1.54, 1.807) is 6.08 Å². The number of hydrogen-bond acceptors (Lipinski definition) is 1. The fourth-order valence-corrected chi connectivity index (χ4v) is 1.07. The molecule has 14 heavy (non-hydrogen) atoms. The minimum absolute atomic E-state index is 0.728. The molecule has 0 saturated carbocycles. The van der Waals surface area contributed by atoms with Gasteiger partial charge in [0, 0.05) is 0 Å². The van der Waals surface area contributed by atoms with Crippen molar-refractivity contribution in [2.45, 2.75) is 0 Å². The van der Waals surface area contributed by atoms with E-state index in [0.717, 1.165) is 16.6 Å². The van der Waals surface area contributed by atoms with Crippen molar-refractivity contribution in [2.75, 3.05) is 6.54 Å². The van der Waals surface area contributed by atoms with Crippen LogP contribution in [0.15, 0.2) is 43.0 Å². The van der Waals surface area contributed by atoms with Gasteiger partial charge in [0.15, 0.2) is 0 Å². The Hall–Kier alpha value is -1.12. The molecule has 0 aliphatic carbocycles. The monoisotopic (exact) mass is 221 g/mol. The third-order valence-corrected chi connectivity index (χ3v) is 1.89. The standard InChI is InChI=1S/C12H11N.Cr/c1-2-10-13-11-6-9-12-7-4-3-5-8-12;/h2-5,7-8,13H,1,10H2;. The van der Waals surface area contributed by atoms with Gasteiger partial charge in [0.2, 0.25) is 0 Å². The van der Waals surface area contributed by atoms with Crippen LogP contribution < -0.4 is 5.32 Å². The quantitative estimate of drug-likeness (QED) is 0.602. The molecule has 0 bridgehead atoms. The third kappa shape index (κ3) is 4.21. The number of benzene rings is 1. The van der Waals surface area contributed by atoms with Crippen molar-refractivity contribution in [3.05, 3.63) is 48.6 Å². The van der Waals surface area contributed by atoms with Crippen LogP contribution in [0, 0.1) is 11.8 Å². The summed E-state index contributed by atoms with van der Waals surface area (Å²) in [5, 5.41) is 3.07. The molecule has 70 valence electrons. The first-order valence-corrected chi connectivity index (χ1v) is 4.92. The van der Waals surface area contributed by atoms with E-state index in [-0.39, 0.29) is 0 Å². The van der Waals surface area contributed by atoms with Crippen molar-refractivity contribution in [2.24, 2.45) is 0 Å². The van der Waals surface area contributed by atoms with Crippen molar-refractivity contribution in [1.82, 2.24) is 5.32 Å². The molecule has 1 nitrogen and oxygen atoms in total. The summed E-state index contributed by atoms with van der Waals surface area (Å²) in [4.78, 5) is 0. The Morgan fingerprint density at radius 3 is 2.79 bits per heavy atom. The van der Waals surface area contributed by atoms with Gasteiger partial charge in [-0.15, -0.1) is 0 Å². The SMILES string of the molecule is C=CCN[C](=[Cr])C#Cc1ccccc1. The van der Waals surface area contributed by atoms with Gasteiger partial charge in [-0.1, -0.05) is 0 Å². The van der Waals surface area contributed by atoms with Crippen molar-refractivity contribution < 1.29 is 15.9 Å². The van der Waals surface area contributed by atoms with E-state index in [2.05, 4.69) is 39.6 Å². The molecule has 0 unspecified atom stereocenters. The molecule has 1 aromatic rings. The van der Waals surface area contributed by atoms with E-state index in [4.69, 9.17) is 0 Å².